The number of carbonyl (C=O) groups is 2. The number of amides is 2. The van der Waals surface area contributed by atoms with Gasteiger partial charge in [0.05, 0.1) is 12.5 Å². The second-order valence-corrected chi connectivity index (χ2v) is 3.95. The molecule has 0 aromatic rings. The van der Waals surface area contributed by atoms with Crippen LogP contribution in [0, 0.1) is 0 Å². The number of nitrogens with one attached hydrogen (secondary N) is 2. The third kappa shape index (κ3) is 1.58. The molecule has 2 N–H and O–H groups in total. The van der Waals surface area contributed by atoms with Crippen LogP contribution in [0.15, 0.2) is 0 Å². The molecule has 13 heavy (non-hydrogen) atoms. The summed E-state index contributed by atoms with van der Waals surface area (Å²) in [4.78, 5) is 22.1. The summed E-state index contributed by atoms with van der Waals surface area (Å²) in [5.41, 5.74) is 0.159. The van der Waals surface area contributed by atoms with Crippen molar-refractivity contribution < 1.29 is 9.59 Å². The lowest BCUT2D eigenvalue weighted by molar-refractivity contribution is -0.125. The zero-order valence-electron chi connectivity index (χ0n) is 7.72. The van der Waals surface area contributed by atoms with Crippen molar-refractivity contribution in [2.75, 3.05) is 0 Å². The number of hydrogen-bond acceptors (Lipinski definition) is 3. The molecule has 0 aromatic carbocycles. The van der Waals surface area contributed by atoms with E-state index in [1.54, 1.807) is 0 Å². The molecule has 1 heterocycles. The van der Waals surface area contributed by atoms with Gasteiger partial charge in [0.25, 0.3) is 0 Å². The van der Waals surface area contributed by atoms with E-state index in [0.717, 1.165) is 19.3 Å². The Morgan fingerprint density at radius 1 is 1.54 bits per heavy atom. The summed E-state index contributed by atoms with van der Waals surface area (Å²) in [6, 6.07) is -0.282. The summed E-state index contributed by atoms with van der Waals surface area (Å²) in [6.45, 7) is 2.11. The van der Waals surface area contributed by atoms with Crippen molar-refractivity contribution in [3.63, 3.8) is 0 Å². The van der Waals surface area contributed by atoms with Crippen LogP contribution in [-0.4, -0.2) is 23.4 Å². The molecule has 0 radical (unpaired) electrons. The third-order valence-electron chi connectivity index (χ3n) is 2.98. The van der Waals surface area contributed by atoms with Crippen molar-refractivity contribution in [2.45, 2.75) is 44.2 Å². The molecular weight excluding hydrogens is 168 g/mol. The molecule has 4 nitrogen and oxygen atoms in total. The first-order chi connectivity index (χ1) is 6.15. The minimum Gasteiger partial charge on any atom is -0.300 e. The van der Waals surface area contributed by atoms with Gasteiger partial charge in [-0.1, -0.05) is 6.92 Å². The highest BCUT2D eigenvalue weighted by Crippen LogP contribution is 2.39. The van der Waals surface area contributed by atoms with Crippen molar-refractivity contribution in [2.24, 2.45) is 0 Å². The van der Waals surface area contributed by atoms with Gasteiger partial charge in [0, 0.05) is 5.54 Å². The molecule has 2 fully saturated rings. The van der Waals surface area contributed by atoms with Crippen LogP contribution in [0.4, 0.5) is 0 Å². The molecular formula is C9H14N2O2. The Morgan fingerprint density at radius 3 is 2.62 bits per heavy atom. The fraction of sp³-hybridized carbons (Fsp3) is 0.778. The van der Waals surface area contributed by atoms with Gasteiger partial charge in [0.2, 0.25) is 11.8 Å². The smallest absolute Gasteiger partial charge is 0.244 e. The van der Waals surface area contributed by atoms with Crippen LogP contribution < -0.4 is 10.6 Å². The molecule has 2 aliphatic rings. The lowest BCUT2D eigenvalue weighted by Gasteiger charge is -2.18. The van der Waals surface area contributed by atoms with Gasteiger partial charge in [-0.15, -0.1) is 0 Å². The minimum absolute atomic E-state index is 0.158. The van der Waals surface area contributed by atoms with Crippen molar-refractivity contribution >= 4 is 11.8 Å². The molecule has 1 aliphatic heterocycles. The number of carbonyl (C=O) groups excluding carboxylic acids is 2. The molecule has 2 amide bonds. The highest BCUT2D eigenvalue weighted by Gasteiger charge is 2.45. The SMILES string of the molecule is CCC1(NC2CC(=O)NC2=O)CC1. The molecule has 1 atom stereocenters. The Morgan fingerprint density at radius 2 is 2.23 bits per heavy atom. The van der Waals surface area contributed by atoms with Crippen molar-refractivity contribution in [1.29, 1.82) is 0 Å². The Kier molecular flexibility index (Phi) is 1.87. The quantitative estimate of drug-likeness (QED) is 0.601. The maximum Gasteiger partial charge on any atom is 0.244 e. The van der Waals surface area contributed by atoms with E-state index in [1.165, 1.54) is 0 Å². The Labute approximate surface area is 77.1 Å². The third-order valence-corrected chi connectivity index (χ3v) is 2.98. The van der Waals surface area contributed by atoms with E-state index >= 15 is 0 Å². The predicted molar refractivity (Wildman–Crippen MR) is 46.9 cm³/mol. The molecule has 0 spiro atoms. The topological polar surface area (TPSA) is 58.2 Å². The first-order valence-corrected chi connectivity index (χ1v) is 4.77. The van der Waals surface area contributed by atoms with E-state index in [2.05, 4.69) is 17.6 Å². The lowest BCUT2D eigenvalue weighted by Crippen LogP contribution is -2.43. The largest absolute Gasteiger partial charge is 0.300 e. The van der Waals surface area contributed by atoms with Crippen molar-refractivity contribution in [3.8, 4) is 0 Å². The molecule has 1 aliphatic carbocycles. The van der Waals surface area contributed by atoms with E-state index in [-0.39, 0.29) is 23.4 Å². The zero-order chi connectivity index (χ0) is 9.47. The fourth-order valence-electron chi connectivity index (χ4n) is 1.79. The first kappa shape index (κ1) is 8.69. The van der Waals surface area contributed by atoms with Crippen molar-refractivity contribution in [3.05, 3.63) is 0 Å². The minimum atomic E-state index is -0.282. The summed E-state index contributed by atoms with van der Waals surface area (Å²) in [5.74, 6) is -0.320. The zero-order valence-corrected chi connectivity index (χ0v) is 7.72. The van der Waals surface area contributed by atoms with Gasteiger partial charge < -0.3 is 0 Å². The Bertz CT molecular complexity index is 258. The van der Waals surface area contributed by atoms with Crippen LogP contribution in [0.2, 0.25) is 0 Å². The molecule has 0 aromatic heterocycles. The highest BCUT2D eigenvalue weighted by atomic mass is 16.2. The van der Waals surface area contributed by atoms with Crippen LogP contribution in [0.5, 0.6) is 0 Å². The molecule has 1 saturated carbocycles. The summed E-state index contributed by atoms with van der Waals surface area (Å²) >= 11 is 0. The number of hydrogen-bond donors (Lipinski definition) is 2. The summed E-state index contributed by atoms with van der Waals surface area (Å²) in [5, 5.41) is 5.56. The average Bonchev–Trinajstić information content (AvgIpc) is 2.77. The molecule has 4 heteroatoms. The second kappa shape index (κ2) is 2.80. The van der Waals surface area contributed by atoms with Crippen LogP contribution in [0.25, 0.3) is 0 Å². The Balaban J connectivity index is 1.95. The van der Waals surface area contributed by atoms with Gasteiger partial charge in [0.1, 0.15) is 0 Å². The van der Waals surface area contributed by atoms with Crippen LogP contribution >= 0.6 is 0 Å². The highest BCUT2D eigenvalue weighted by molar-refractivity contribution is 6.05. The second-order valence-electron chi connectivity index (χ2n) is 3.95. The lowest BCUT2D eigenvalue weighted by atomic mass is 10.1. The first-order valence-electron chi connectivity index (χ1n) is 4.77. The summed E-state index contributed by atoms with van der Waals surface area (Å²) in [7, 11) is 0. The van der Waals surface area contributed by atoms with Crippen LogP contribution in [0.3, 0.4) is 0 Å². The average molecular weight is 182 g/mol. The maximum absolute atomic E-state index is 11.2. The van der Waals surface area contributed by atoms with Crippen molar-refractivity contribution in [1.82, 2.24) is 10.6 Å². The summed E-state index contributed by atoms with van der Waals surface area (Å²) < 4.78 is 0. The molecule has 2 rings (SSSR count). The molecule has 72 valence electrons. The molecule has 1 saturated heterocycles. The van der Waals surface area contributed by atoms with Gasteiger partial charge in [-0.25, -0.2) is 0 Å². The van der Waals surface area contributed by atoms with E-state index in [1.807, 2.05) is 0 Å². The van der Waals surface area contributed by atoms with E-state index in [9.17, 15) is 9.59 Å². The molecule has 1 unspecified atom stereocenters. The van der Waals surface area contributed by atoms with E-state index in [0.29, 0.717) is 6.42 Å². The van der Waals surface area contributed by atoms with Crippen LogP contribution in [0.1, 0.15) is 32.6 Å². The number of imide groups is 1. The van der Waals surface area contributed by atoms with Gasteiger partial charge in [-0.2, -0.15) is 0 Å². The van der Waals surface area contributed by atoms with E-state index < -0.39 is 0 Å². The predicted octanol–water partition coefficient (Wildman–Crippen LogP) is -0.0663. The normalized spacial score (nSPS) is 30.4. The van der Waals surface area contributed by atoms with Gasteiger partial charge in [0.15, 0.2) is 0 Å². The fourth-order valence-corrected chi connectivity index (χ4v) is 1.79. The van der Waals surface area contributed by atoms with Crippen LogP contribution in [-0.2, 0) is 9.59 Å². The van der Waals surface area contributed by atoms with Gasteiger partial charge in [-0.05, 0) is 19.3 Å². The van der Waals surface area contributed by atoms with E-state index in [4.69, 9.17) is 0 Å². The molecule has 0 bridgehead atoms. The number of rotatable bonds is 3. The summed E-state index contributed by atoms with van der Waals surface area (Å²) in [6.07, 6.45) is 3.59. The van der Waals surface area contributed by atoms with Gasteiger partial charge in [-0.3, -0.25) is 20.2 Å². The monoisotopic (exact) mass is 182 g/mol. The van der Waals surface area contributed by atoms with Gasteiger partial charge >= 0.3 is 0 Å². The maximum atomic E-state index is 11.2. The Hall–Kier alpha value is -0.900. The standard InChI is InChI=1S/C9H14N2O2/c1-2-9(3-4-9)11-6-5-7(12)10-8(6)13/h6,11H,2-5H2,1H3,(H,10,12,13).